The molecular weight excluding hydrogens is 288 g/mol. The van der Waals surface area contributed by atoms with E-state index in [1.807, 2.05) is 12.1 Å². The van der Waals surface area contributed by atoms with E-state index >= 15 is 0 Å². The Bertz CT molecular complexity index is 383. The zero-order valence-corrected chi connectivity index (χ0v) is 11.6. The number of nitrogens with two attached hydrogens (primary N) is 1. The van der Waals surface area contributed by atoms with Gasteiger partial charge in [0.25, 0.3) is 0 Å². The minimum absolute atomic E-state index is 0.401. The first-order chi connectivity index (χ1) is 7.61. The molecule has 88 valence electrons. The Balaban J connectivity index is 2.27. The molecule has 2 unspecified atom stereocenters. The average molecular weight is 304 g/mol. The SMILES string of the molecule is CN1CC(CN)CC1c1cc(Br)ccc1Cl. The number of rotatable bonds is 2. The topological polar surface area (TPSA) is 29.3 Å². The first-order valence-corrected chi connectivity index (χ1v) is 6.64. The van der Waals surface area contributed by atoms with Crippen molar-refractivity contribution in [1.29, 1.82) is 0 Å². The van der Waals surface area contributed by atoms with E-state index in [0.717, 1.165) is 29.0 Å². The first kappa shape index (κ1) is 12.4. The van der Waals surface area contributed by atoms with Crippen molar-refractivity contribution in [2.24, 2.45) is 11.7 Å². The summed E-state index contributed by atoms with van der Waals surface area (Å²) in [5.41, 5.74) is 6.94. The molecule has 1 fully saturated rings. The normalized spacial score (nSPS) is 26.2. The molecule has 2 rings (SSSR count). The van der Waals surface area contributed by atoms with Crippen LogP contribution in [-0.4, -0.2) is 25.0 Å². The predicted octanol–water partition coefficient (Wildman–Crippen LogP) is 3.05. The van der Waals surface area contributed by atoms with Gasteiger partial charge >= 0.3 is 0 Å². The molecule has 0 aliphatic carbocycles. The van der Waals surface area contributed by atoms with E-state index in [1.54, 1.807) is 0 Å². The smallest absolute Gasteiger partial charge is 0.0454 e. The van der Waals surface area contributed by atoms with Gasteiger partial charge in [0, 0.05) is 22.1 Å². The second kappa shape index (κ2) is 5.05. The van der Waals surface area contributed by atoms with Crippen LogP contribution in [0.25, 0.3) is 0 Å². The highest BCUT2D eigenvalue weighted by Crippen LogP contribution is 2.38. The summed E-state index contributed by atoms with van der Waals surface area (Å²) in [7, 11) is 2.14. The molecule has 4 heteroatoms. The molecular formula is C12H16BrClN2. The van der Waals surface area contributed by atoms with Crippen LogP contribution in [0.1, 0.15) is 18.0 Å². The van der Waals surface area contributed by atoms with Gasteiger partial charge in [-0.15, -0.1) is 0 Å². The van der Waals surface area contributed by atoms with Gasteiger partial charge in [-0.2, -0.15) is 0 Å². The summed E-state index contributed by atoms with van der Waals surface area (Å²) in [5, 5.41) is 0.845. The van der Waals surface area contributed by atoms with Crippen LogP contribution in [0.3, 0.4) is 0 Å². The zero-order chi connectivity index (χ0) is 11.7. The summed E-state index contributed by atoms with van der Waals surface area (Å²) in [6, 6.07) is 6.44. The molecule has 1 aromatic rings. The molecule has 0 aromatic heterocycles. The minimum Gasteiger partial charge on any atom is -0.330 e. The number of hydrogen-bond donors (Lipinski definition) is 1. The number of halogens is 2. The molecule has 2 N–H and O–H groups in total. The Morgan fingerprint density at radius 3 is 2.94 bits per heavy atom. The Morgan fingerprint density at radius 2 is 2.31 bits per heavy atom. The van der Waals surface area contributed by atoms with E-state index in [9.17, 15) is 0 Å². The maximum absolute atomic E-state index is 6.25. The Morgan fingerprint density at radius 1 is 1.56 bits per heavy atom. The van der Waals surface area contributed by atoms with Crippen molar-refractivity contribution in [2.45, 2.75) is 12.5 Å². The van der Waals surface area contributed by atoms with Crippen molar-refractivity contribution >= 4 is 27.5 Å². The maximum atomic E-state index is 6.25. The van der Waals surface area contributed by atoms with Gasteiger partial charge in [-0.3, -0.25) is 4.90 Å². The summed E-state index contributed by atoms with van der Waals surface area (Å²) in [4.78, 5) is 2.34. The summed E-state index contributed by atoms with van der Waals surface area (Å²) in [6.07, 6.45) is 1.10. The lowest BCUT2D eigenvalue weighted by Gasteiger charge is -2.20. The third-order valence-electron chi connectivity index (χ3n) is 3.29. The third-order valence-corrected chi connectivity index (χ3v) is 4.12. The van der Waals surface area contributed by atoms with Crippen molar-refractivity contribution in [3.63, 3.8) is 0 Å². The Kier molecular flexibility index (Phi) is 3.90. The lowest BCUT2D eigenvalue weighted by atomic mass is 10.00. The quantitative estimate of drug-likeness (QED) is 0.910. The minimum atomic E-state index is 0.401. The largest absolute Gasteiger partial charge is 0.330 e. The van der Waals surface area contributed by atoms with Crippen LogP contribution >= 0.6 is 27.5 Å². The van der Waals surface area contributed by atoms with Gasteiger partial charge in [0.05, 0.1) is 0 Å². The molecule has 1 heterocycles. The first-order valence-electron chi connectivity index (χ1n) is 5.47. The van der Waals surface area contributed by atoms with E-state index in [4.69, 9.17) is 17.3 Å². The molecule has 0 amide bonds. The number of hydrogen-bond acceptors (Lipinski definition) is 2. The fourth-order valence-corrected chi connectivity index (χ4v) is 3.03. The molecule has 2 atom stereocenters. The summed E-state index contributed by atoms with van der Waals surface area (Å²) in [6.45, 7) is 1.82. The Labute approximate surface area is 110 Å². The molecule has 0 radical (unpaired) electrons. The van der Waals surface area contributed by atoms with Crippen molar-refractivity contribution in [3.8, 4) is 0 Å². The lowest BCUT2D eigenvalue weighted by molar-refractivity contribution is 0.313. The van der Waals surface area contributed by atoms with E-state index in [2.05, 4.69) is 33.9 Å². The van der Waals surface area contributed by atoms with Crippen molar-refractivity contribution in [1.82, 2.24) is 4.90 Å². The molecule has 16 heavy (non-hydrogen) atoms. The van der Waals surface area contributed by atoms with Crippen molar-refractivity contribution in [2.75, 3.05) is 20.1 Å². The average Bonchev–Trinajstić information content (AvgIpc) is 2.63. The van der Waals surface area contributed by atoms with Crippen LogP contribution in [0.15, 0.2) is 22.7 Å². The van der Waals surface area contributed by atoms with Gasteiger partial charge in [0.1, 0.15) is 0 Å². The lowest BCUT2D eigenvalue weighted by Crippen LogP contribution is -2.20. The van der Waals surface area contributed by atoms with Crippen LogP contribution < -0.4 is 5.73 Å². The molecule has 0 spiro atoms. The second-order valence-corrected chi connectivity index (χ2v) is 5.78. The number of benzene rings is 1. The Hall–Kier alpha value is -0.0900. The van der Waals surface area contributed by atoms with E-state index in [1.165, 1.54) is 5.56 Å². The van der Waals surface area contributed by atoms with E-state index in [-0.39, 0.29) is 0 Å². The zero-order valence-electron chi connectivity index (χ0n) is 9.29. The molecule has 0 bridgehead atoms. The van der Waals surface area contributed by atoms with E-state index < -0.39 is 0 Å². The fraction of sp³-hybridized carbons (Fsp3) is 0.500. The van der Waals surface area contributed by atoms with Gasteiger partial charge < -0.3 is 5.73 Å². The maximum Gasteiger partial charge on any atom is 0.0454 e. The third kappa shape index (κ3) is 2.43. The highest BCUT2D eigenvalue weighted by molar-refractivity contribution is 9.10. The van der Waals surface area contributed by atoms with Crippen LogP contribution in [0.2, 0.25) is 5.02 Å². The molecule has 1 aromatic carbocycles. The van der Waals surface area contributed by atoms with Crippen molar-refractivity contribution in [3.05, 3.63) is 33.3 Å². The summed E-state index contributed by atoms with van der Waals surface area (Å²) < 4.78 is 1.08. The fourth-order valence-electron chi connectivity index (χ4n) is 2.41. The molecule has 1 saturated heterocycles. The predicted molar refractivity (Wildman–Crippen MR) is 71.7 cm³/mol. The van der Waals surface area contributed by atoms with Gasteiger partial charge in [-0.1, -0.05) is 27.5 Å². The molecule has 1 aliphatic rings. The highest BCUT2D eigenvalue weighted by atomic mass is 79.9. The standard InChI is InChI=1S/C12H16BrClN2/c1-16-7-8(6-15)4-12(16)10-5-9(13)2-3-11(10)14/h2-3,5,8,12H,4,6-7,15H2,1H3. The van der Waals surface area contributed by atoms with Gasteiger partial charge in [0.15, 0.2) is 0 Å². The van der Waals surface area contributed by atoms with Crippen molar-refractivity contribution < 1.29 is 0 Å². The van der Waals surface area contributed by atoms with Gasteiger partial charge in [-0.25, -0.2) is 0 Å². The summed E-state index contributed by atoms with van der Waals surface area (Å²) in [5.74, 6) is 0.588. The van der Waals surface area contributed by atoms with Crippen LogP contribution in [0, 0.1) is 5.92 Å². The molecule has 1 aliphatic heterocycles. The monoisotopic (exact) mass is 302 g/mol. The number of likely N-dealkylation sites (tertiary alicyclic amines) is 1. The van der Waals surface area contributed by atoms with Crippen LogP contribution in [0.5, 0.6) is 0 Å². The second-order valence-electron chi connectivity index (χ2n) is 4.46. The van der Waals surface area contributed by atoms with E-state index in [0.29, 0.717) is 12.0 Å². The molecule has 2 nitrogen and oxygen atoms in total. The summed E-state index contributed by atoms with van der Waals surface area (Å²) >= 11 is 9.75. The molecule has 0 saturated carbocycles. The highest BCUT2D eigenvalue weighted by Gasteiger charge is 2.30. The number of nitrogens with zero attached hydrogens (tertiary/aromatic N) is 1. The van der Waals surface area contributed by atoms with Gasteiger partial charge in [0.2, 0.25) is 0 Å². The van der Waals surface area contributed by atoms with Crippen LogP contribution in [-0.2, 0) is 0 Å². The van der Waals surface area contributed by atoms with Crippen LogP contribution in [0.4, 0.5) is 0 Å². The van der Waals surface area contributed by atoms with Gasteiger partial charge in [-0.05, 0) is 49.7 Å².